The van der Waals surface area contributed by atoms with Crippen LogP contribution in [0, 0.1) is 0 Å². The van der Waals surface area contributed by atoms with Gasteiger partial charge in [0.1, 0.15) is 5.78 Å². The van der Waals surface area contributed by atoms with E-state index in [9.17, 15) is 19.2 Å². The van der Waals surface area contributed by atoms with Crippen LogP contribution in [0.4, 0.5) is 4.79 Å². The predicted octanol–water partition coefficient (Wildman–Crippen LogP) is 1.54. The molecule has 0 aromatic heterocycles. The molecule has 0 aliphatic rings. The Bertz CT molecular complexity index is 296. The third kappa shape index (κ3) is 140. The fourth-order valence-corrected chi connectivity index (χ4v) is 0.306. The van der Waals surface area contributed by atoms with E-state index >= 15 is 0 Å². The van der Waals surface area contributed by atoms with Crippen molar-refractivity contribution in [2.45, 2.75) is 41.5 Å². The Morgan fingerprint density at radius 1 is 0.760 bits per heavy atom. The van der Waals surface area contributed by atoms with E-state index in [0.717, 1.165) is 13.2 Å². The lowest BCUT2D eigenvalue weighted by molar-refractivity contribution is -0.138. The number of hydrogen-bond donors (Lipinski definition) is 2. The molecular formula is C16H36N2O7. The van der Waals surface area contributed by atoms with Gasteiger partial charge in [-0.25, -0.2) is 4.79 Å². The van der Waals surface area contributed by atoms with Crippen molar-refractivity contribution >= 4 is 23.8 Å². The molecule has 0 heterocycles. The molecule has 0 aromatic rings. The molecule has 9 heteroatoms. The Kier molecular flexibility index (Phi) is 45.8. The number of carbonyl (C=O) groups excluding carboxylic acids is 4. The second kappa shape index (κ2) is 33.4. The predicted molar refractivity (Wildman–Crippen MR) is 97.4 cm³/mol. The summed E-state index contributed by atoms with van der Waals surface area (Å²) >= 11 is 0. The summed E-state index contributed by atoms with van der Waals surface area (Å²) in [6.07, 6.45) is -0.407. The van der Waals surface area contributed by atoms with Crippen molar-refractivity contribution in [3.8, 4) is 0 Å². The maximum Gasteiger partial charge on any atom is 0.406 e. The molecule has 0 atom stereocenters. The number of hydrogen-bond acceptors (Lipinski definition) is 7. The number of ketones is 1. The van der Waals surface area contributed by atoms with Crippen molar-refractivity contribution in [2.75, 3.05) is 41.5 Å². The lowest BCUT2D eigenvalue weighted by Crippen LogP contribution is -2.16. The molecule has 0 bridgehead atoms. The molecular weight excluding hydrogens is 332 g/mol. The first-order valence-electron chi connectivity index (χ1n) is 7.53. The average Bonchev–Trinajstić information content (AvgIpc) is 2.55. The third-order valence-corrected chi connectivity index (χ3v) is 1.44. The Morgan fingerprint density at radius 3 is 1.04 bits per heavy atom. The summed E-state index contributed by atoms with van der Waals surface area (Å²) < 4.78 is 13.1. The molecule has 0 fully saturated rings. The van der Waals surface area contributed by atoms with Crippen molar-refractivity contribution in [1.29, 1.82) is 0 Å². The van der Waals surface area contributed by atoms with Crippen molar-refractivity contribution < 1.29 is 33.4 Å². The van der Waals surface area contributed by atoms with E-state index in [1.165, 1.54) is 49.0 Å². The number of amides is 2. The van der Waals surface area contributed by atoms with Gasteiger partial charge in [0.25, 0.3) is 0 Å². The van der Waals surface area contributed by atoms with E-state index in [4.69, 9.17) is 4.74 Å². The van der Waals surface area contributed by atoms with Gasteiger partial charge in [-0.05, 0) is 27.7 Å². The van der Waals surface area contributed by atoms with Crippen molar-refractivity contribution in [3.05, 3.63) is 0 Å². The molecule has 0 aromatic carbocycles. The molecule has 0 rings (SSSR count). The molecule has 25 heavy (non-hydrogen) atoms. The topological polar surface area (TPSA) is 120 Å². The summed E-state index contributed by atoms with van der Waals surface area (Å²) in [6.45, 7) is 11.6. The summed E-state index contributed by atoms with van der Waals surface area (Å²) in [5, 5.41) is 4.64. The highest BCUT2D eigenvalue weighted by Gasteiger charge is 1.85. The lowest BCUT2D eigenvalue weighted by atomic mass is 10.6. The zero-order valence-electron chi connectivity index (χ0n) is 17.3. The number of ether oxygens (including phenoxy) is 3. The van der Waals surface area contributed by atoms with Crippen LogP contribution in [-0.2, 0) is 28.6 Å². The van der Waals surface area contributed by atoms with Crippen molar-refractivity contribution in [3.63, 3.8) is 0 Å². The molecule has 9 nitrogen and oxygen atoms in total. The van der Waals surface area contributed by atoms with Crippen molar-refractivity contribution in [1.82, 2.24) is 10.6 Å². The molecule has 0 aliphatic heterocycles. The number of esters is 1. The van der Waals surface area contributed by atoms with Gasteiger partial charge in [-0.15, -0.1) is 0 Å². The van der Waals surface area contributed by atoms with Crippen LogP contribution < -0.4 is 10.6 Å². The molecule has 152 valence electrons. The molecule has 0 spiro atoms. The van der Waals surface area contributed by atoms with Gasteiger partial charge in [-0.2, -0.15) is 0 Å². The minimum absolute atomic E-state index is 0.00463. The Morgan fingerprint density at radius 2 is 1.04 bits per heavy atom. The first-order chi connectivity index (χ1) is 11.5. The smallest absolute Gasteiger partial charge is 0.406 e. The van der Waals surface area contributed by atoms with Crippen LogP contribution in [0.3, 0.4) is 0 Å². The van der Waals surface area contributed by atoms with Gasteiger partial charge in [0.2, 0.25) is 5.91 Å². The van der Waals surface area contributed by atoms with Crippen LogP contribution in [-0.4, -0.2) is 65.3 Å². The fraction of sp³-hybridized carbons (Fsp3) is 0.750. The molecule has 0 unspecified atom stereocenters. The summed E-state index contributed by atoms with van der Waals surface area (Å²) in [6, 6.07) is 0. The highest BCUT2D eigenvalue weighted by atomic mass is 16.5. The van der Waals surface area contributed by atoms with E-state index in [0.29, 0.717) is 0 Å². The summed E-state index contributed by atoms with van der Waals surface area (Å²) in [5.74, 6) is -0.0741. The van der Waals surface area contributed by atoms with Gasteiger partial charge in [-0.1, -0.05) is 0 Å². The van der Waals surface area contributed by atoms with Gasteiger partial charge >= 0.3 is 12.1 Å². The molecule has 2 N–H and O–H groups in total. The van der Waals surface area contributed by atoms with E-state index in [-0.39, 0.29) is 17.7 Å². The monoisotopic (exact) mass is 368 g/mol. The highest BCUT2D eigenvalue weighted by molar-refractivity contribution is 5.72. The first-order valence-corrected chi connectivity index (χ1v) is 7.53. The number of rotatable bonds is 2. The van der Waals surface area contributed by atoms with Gasteiger partial charge < -0.3 is 29.6 Å². The SMILES string of the molecule is CC(C)=O.CCOCC.CNC(=O)OC.CNC(C)=O.COC(C)=O. The zero-order valence-corrected chi connectivity index (χ0v) is 17.3. The maximum atomic E-state index is 9.85. The number of Topliss-reactive ketones (excluding diaryl/α,β-unsaturated/α-hetero) is 1. The van der Waals surface area contributed by atoms with Gasteiger partial charge in [0, 0.05) is 41.2 Å². The van der Waals surface area contributed by atoms with Crippen LogP contribution in [0.1, 0.15) is 41.5 Å². The first kappa shape index (κ1) is 34.2. The molecule has 0 saturated heterocycles. The normalized spacial score (nSPS) is 7.12. The average molecular weight is 368 g/mol. The van der Waals surface area contributed by atoms with E-state index in [1.54, 1.807) is 7.05 Å². The molecule has 0 aliphatic carbocycles. The van der Waals surface area contributed by atoms with Crippen LogP contribution in [0.25, 0.3) is 0 Å². The summed E-state index contributed by atoms with van der Waals surface area (Å²) in [5.41, 5.74) is 0. The van der Waals surface area contributed by atoms with Gasteiger partial charge in [0.05, 0.1) is 14.2 Å². The van der Waals surface area contributed by atoms with Crippen molar-refractivity contribution in [2.24, 2.45) is 0 Å². The Labute approximate surface area is 151 Å². The second-order valence-electron chi connectivity index (χ2n) is 3.93. The van der Waals surface area contributed by atoms with Crippen LogP contribution in [0.2, 0.25) is 0 Å². The zero-order chi connectivity index (χ0) is 21.3. The summed E-state index contributed by atoms with van der Waals surface area (Å²) in [7, 11) is 5.77. The second-order valence-corrected chi connectivity index (χ2v) is 3.93. The largest absolute Gasteiger partial charge is 0.469 e. The number of alkyl carbamates (subject to hydrolysis) is 1. The summed E-state index contributed by atoms with van der Waals surface area (Å²) in [4.78, 5) is 38.6. The van der Waals surface area contributed by atoms with E-state index in [2.05, 4.69) is 20.1 Å². The molecule has 0 radical (unpaired) electrons. The number of carbonyl (C=O) groups is 4. The third-order valence-electron chi connectivity index (χ3n) is 1.44. The van der Waals surface area contributed by atoms with Crippen LogP contribution in [0.5, 0.6) is 0 Å². The number of methoxy groups -OCH3 is 2. The molecule has 0 saturated carbocycles. The lowest BCUT2D eigenvalue weighted by Gasteiger charge is -1.90. The maximum absolute atomic E-state index is 9.85. The fourth-order valence-electron chi connectivity index (χ4n) is 0.306. The number of nitrogens with one attached hydrogen (secondary N) is 2. The Hall–Kier alpha value is -2.16. The minimum atomic E-state index is -0.407. The Balaban J connectivity index is -0.0000000671. The van der Waals surface area contributed by atoms with Gasteiger partial charge in [-0.3, -0.25) is 9.59 Å². The minimum Gasteiger partial charge on any atom is -0.469 e. The van der Waals surface area contributed by atoms with E-state index in [1.807, 2.05) is 13.8 Å². The van der Waals surface area contributed by atoms with Crippen LogP contribution in [0.15, 0.2) is 0 Å². The van der Waals surface area contributed by atoms with E-state index < -0.39 is 6.09 Å². The van der Waals surface area contributed by atoms with Crippen LogP contribution >= 0.6 is 0 Å². The highest BCUT2D eigenvalue weighted by Crippen LogP contribution is 1.64. The standard InChI is InChI=1S/C4H10O.C3H7NO2.C3H7NO.C3H6O2.C3H6O/c1-3-5-4-2;1-4-3(5)6-2;1-3(5)4-2;1-3(4)5-2;1-3(2)4/h3-4H2,1-2H3;1-2H3,(H,4,5);1-2H3,(H,4,5);1-2H3;1-2H3. The van der Waals surface area contributed by atoms with Gasteiger partial charge in [0.15, 0.2) is 0 Å². The molecule has 2 amide bonds. The quantitative estimate of drug-likeness (QED) is 0.709.